The summed E-state index contributed by atoms with van der Waals surface area (Å²) in [7, 11) is 0. The molecule has 1 rings (SSSR count). The second kappa shape index (κ2) is 6.24. The van der Waals surface area contributed by atoms with Gasteiger partial charge in [0.1, 0.15) is 0 Å². The second-order valence-corrected chi connectivity index (χ2v) is 5.76. The van der Waals surface area contributed by atoms with Crippen LogP contribution in [0.1, 0.15) is 46.5 Å². The van der Waals surface area contributed by atoms with Crippen molar-refractivity contribution >= 4 is 5.91 Å². The zero-order valence-corrected chi connectivity index (χ0v) is 11.0. The number of carbonyl (C=O) groups excluding carboxylic acids is 1. The third-order valence-corrected chi connectivity index (χ3v) is 3.07. The Bertz CT molecular complexity index is 214. The van der Waals surface area contributed by atoms with Crippen molar-refractivity contribution in [3.63, 3.8) is 0 Å². The van der Waals surface area contributed by atoms with Gasteiger partial charge in [-0.2, -0.15) is 0 Å². The highest BCUT2D eigenvalue weighted by atomic mass is 16.2. The van der Waals surface area contributed by atoms with Gasteiger partial charge in [-0.3, -0.25) is 4.79 Å². The lowest BCUT2D eigenvalue weighted by atomic mass is 9.96. The number of rotatable bonds is 5. The molecule has 1 saturated heterocycles. The molecule has 16 heavy (non-hydrogen) atoms. The minimum Gasteiger partial charge on any atom is -0.356 e. The van der Waals surface area contributed by atoms with E-state index in [0.717, 1.165) is 13.0 Å². The Kier molecular flexibility index (Phi) is 5.26. The maximum atomic E-state index is 11.6. The van der Waals surface area contributed by atoms with Crippen LogP contribution in [-0.4, -0.2) is 37.0 Å². The number of unbranched alkanes of at least 4 members (excludes halogenated alkanes) is 1. The monoisotopic (exact) mass is 226 g/mol. The normalized spacial score (nSPS) is 17.7. The largest absolute Gasteiger partial charge is 0.356 e. The Morgan fingerprint density at radius 2 is 1.81 bits per heavy atom. The maximum absolute atomic E-state index is 11.6. The van der Waals surface area contributed by atoms with Crippen LogP contribution in [-0.2, 0) is 4.79 Å². The lowest BCUT2D eigenvalue weighted by Crippen LogP contribution is -2.35. The van der Waals surface area contributed by atoms with Crippen molar-refractivity contribution in [2.75, 3.05) is 26.2 Å². The molecule has 0 aromatic rings. The van der Waals surface area contributed by atoms with E-state index < -0.39 is 0 Å². The lowest BCUT2D eigenvalue weighted by molar-refractivity contribution is -0.128. The molecular weight excluding hydrogens is 200 g/mol. The highest BCUT2D eigenvalue weighted by Crippen LogP contribution is 2.12. The molecule has 0 spiro atoms. The molecule has 1 fully saturated rings. The number of likely N-dealkylation sites (tertiary alicyclic amines) is 1. The van der Waals surface area contributed by atoms with Gasteiger partial charge >= 0.3 is 0 Å². The molecule has 94 valence electrons. The molecule has 0 aromatic heterocycles. The van der Waals surface area contributed by atoms with Crippen molar-refractivity contribution in [2.24, 2.45) is 5.41 Å². The fourth-order valence-electron chi connectivity index (χ4n) is 1.93. The lowest BCUT2D eigenvalue weighted by Gasteiger charge is -2.18. The van der Waals surface area contributed by atoms with Crippen LogP contribution >= 0.6 is 0 Å². The van der Waals surface area contributed by atoms with Crippen molar-refractivity contribution in [3.8, 4) is 0 Å². The Morgan fingerprint density at radius 3 is 2.38 bits per heavy atom. The number of hydrogen-bond donors (Lipinski definition) is 1. The van der Waals surface area contributed by atoms with Crippen molar-refractivity contribution < 1.29 is 4.79 Å². The minimum absolute atomic E-state index is 0.161. The van der Waals surface area contributed by atoms with Crippen LogP contribution in [0.5, 0.6) is 0 Å². The third kappa shape index (κ3) is 4.97. The van der Waals surface area contributed by atoms with Crippen LogP contribution in [0.25, 0.3) is 0 Å². The molecule has 1 amide bonds. The molecule has 0 aliphatic carbocycles. The number of nitrogens with one attached hydrogen (secondary N) is 1. The van der Waals surface area contributed by atoms with E-state index in [1.807, 2.05) is 20.8 Å². The predicted molar refractivity (Wildman–Crippen MR) is 67.4 cm³/mol. The molecule has 3 nitrogen and oxygen atoms in total. The summed E-state index contributed by atoms with van der Waals surface area (Å²) in [5.74, 6) is 0.161. The van der Waals surface area contributed by atoms with Crippen LogP contribution < -0.4 is 5.32 Å². The molecule has 0 aromatic carbocycles. The molecule has 0 radical (unpaired) electrons. The molecule has 0 saturated carbocycles. The highest BCUT2D eigenvalue weighted by molar-refractivity contribution is 5.81. The van der Waals surface area contributed by atoms with Crippen LogP contribution in [0.15, 0.2) is 0 Å². The number of amides is 1. The van der Waals surface area contributed by atoms with Crippen LogP contribution in [0.4, 0.5) is 0 Å². The minimum atomic E-state index is -0.255. The van der Waals surface area contributed by atoms with Crippen LogP contribution in [0.3, 0.4) is 0 Å². The zero-order chi connectivity index (χ0) is 12.0. The first-order chi connectivity index (χ1) is 7.50. The van der Waals surface area contributed by atoms with Gasteiger partial charge in [0.25, 0.3) is 0 Å². The van der Waals surface area contributed by atoms with Crippen LogP contribution in [0, 0.1) is 5.41 Å². The van der Waals surface area contributed by atoms with E-state index >= 15 is 0 Å². The fraction of sp³-hybridized carbons (Fsp3) is 0.923. The van der Waals surface area contributed by atoms with Gasteiger partial charge < -0.3 is 10.2 Å². The summed E-state index contributed by atoms with van der Waals surface area (Å²) in [4.78, 5) is 14.1. The average molecular weight is 226 g/mol. The number of hydrogen-bond acceptors (Lipinski definition) is 2. The zero-order valence-electron chi connectivity index (χ0n) is 11.0. The predicted octanol–water partition coefficient (Wildman–Crippen LogP) is 2.02. The summed E-state index contributed by atoms with van der Waals surface area (Å²) >= 11 is 0. The highest BCUT2D eigenvalue weighted by Gasteiger charge is 2.20. The van der Waals surface area contributed by atoms with E-state index in [0.29, 0.717) is 0 Å². The standard InChI is InChI=1S/C13H26N2O/c1-13(2,3)12(16)14-8-4-5-9-15-10-6-7-11-15/h4-11H2,1-3H3,(H,14,16). The van der Waals surface area contributed by atoms with Crippen molar-refractivity contribution in [2.45, 2.75) is 46.5 Å². The summed E-state index contributed by atoms with van der Waals surface area (Å²) in [6, 6.07) is 0. The quantitative estimate of drug-likeness (QED) is 0.727. The molecule has 3 heteroatoms. The maximum Gasteiger partial charge on any atom is 0.225 e. The van der Waals surface area contributed by atoms with Crippen molar-refractivity contribution in [1.29, 1.82) is 0 Å². The fourth-order valence-corrected chi connectivity index (χ4v) is 1.93. The summed E-state index contributed by atoms with van der Waals surface area (Å²) in [6.45, 7) is 10.4. The van der Waals surface area contributed by atoms with E-state index in [9.17, 15) is 4.79 Å². The van der Waals surface area contributed by atoms with E-state index in [4.69, 9.17) is 0 Å². The van der Waals surface area contributed by atoms with Gasteiger partial charge in [-0.15, -0.1) is 0 Å². The summed E-state index contributed by atoms with van der Waals surface area (Å²) in [6.07, 6.45) is 5.02. The van der Waals surface area contributed by atoms with Gasteiger partial charge in [0.05, 0.1) is 0 Å². The first kappa shape index (κ1) is 13.5. The third-order valence-electron chi connectivity index (χ3n) is 3.07. The topological polar surface area (TPSA) is 32.3 Å². The van der Waals surface area contributed by atoms with Gasteiger partial charge in [-0.25, -0.2) is 0 Å². The number of carbonyl (C=O) groups is 1. The molecule has 1 heterocycles. The molecular formula is C13H26N2O. The van der Waals surface area contributed by atoms with Crippen molar-refractivity contribution in [3.05, 3.63) is 0 Å². The van der Waals surface area contributed by atoms with E-state index in [-0.39, 0.29) is 11.3 Å². The molecule has 0 bridgehead atoms. The Morgan fingerprint density at radius 1 is 1.19 bits per heavy atom. The first-order valence-electron chi connectivity index (χ1n) is 6.51. The van der Waals surface area contributed by atoms with Gasteiger partial charge in [0, 0.05) is 12.0 Å². The molecule has 1 aliphatic heterocycles. The summed E-state index contributed by atoms with van der Waals surface area (Å²) < 4.78 is 0. The van der Waals surface area contributed by atoms with E-state index in [1.165, 1.54) is 38.9 Å². The Hall–Kier alpha value is -0.570. The SMILES string of the molecule is CC(C)(C)C(=O)NCCCCN1CCCC1. The smallest absolute Gasteiger partial charge is 0.225 e. The molecule has 0 unspecified atom stereocenters. The van der Waals surface area contributed by atoms with Crippen LogP contribution in [0.2, 0.25) is 0 Å². The van der Waals surface area contributed by atoms with Gasteiger partial charge in [0.2, 0.25) is 5.91 Å². The van der Waals surface area contributed by atoms with Crippen molar-refractivity contribution in [1.82, 2.24) is 10.2 Å². The molecule has 1 N–H and O–H groups in total. The Balaban J connectivity index is 1.97. The second-order valence-electron chi connectivity index (χ2n) is 5.76. The summed E-state index contributed by atoms with van der Waals surface area (Å²) in [5.41, 5.74) is -0.255. The van der Waals surface area contributed by atoms with Gasteiger partial charge in [-0.1, -0.05) is 20.8 Å². The van der Waals surface area contributed by atoms with E-state index in [1.54, 1.807) is 0 Å². The first-order valence-corrected chi connectivity index (χ1v) is 6.51. The Labute approximate surface area is 99.6 Å². The summed E-state index contributed by atoms with van der Waals surface area (Å²) in [5, 5.41) is 2.99. The number of nitrogens with zero attached hydrogens (tertiary/aromatic N) is 1. The van der Waals surface area contributed by atoms with Gasteiger partial charge in [0.15, 0.2) is 0 Å². The molecule has 1 aliphatic rings. The average Bonchev–Trinajstić information content (AvgIpc) is 2.68. The molecule has 0 atom stereocenters. The van der Waals surface area contributed by atoms with Gasteiger partial charge in [-0.05, 0) is 45.3 Å². The van der Waals surface area contributed by atoms with E-state index in [2.05, 4.69) is 10.2 Å².